The molecule has 1 aromatic heterocycles. The Morgan fingerprint density at radius 3 is 2.67 bits per heavy atom. The number of rotatable bonds is 7. The molecule has 1 aliphatic rings. The van der Waals surface area contributed by atoms with Gasteiger partial charge in [0.25, 0.3) is 0 Å². The van der Waals surface area contributed by atoms with Gasteiger partial charge in [-0.25, -0.2) is 8.78 Å². The maximum Gasteiger partial charge on any atom is 0.191 e. The van der Waals surface area contributed by atoms with Gasteiger partial charge < -0.3 is 20.4 Å². The van der Waals surface area contributed by atoms with Crippen molar-refractivity contribution in [2.24, 2.45) is 12.0 Å². The summed E-state index contributed by atoms with van der Waals surface area (Å²) in [6.45, 7) is 4.40. The lowest BCUT2D eigenvalue weighted by Gasteiger charge is -2.23. The second kappa shape index (κ2) is 9.88. The van der Waals surface area contributed by atoms with Crippen LogP contribution in [-0.4, -0.2) is 67.0 Å². The average molecular weight is 420 g/mol. The van der Waals surface area contributed by atoms with Crippen molar-refractivity contribution in [1.82, 2.24) is 25.3 Å². The summed E-state index contributed by atoms with van der Waals surface area (Å²) in [7, 11) is 5.94. The highest BCUT2D eigenvalue weighted by Crippen LogP contribution is 2.26. The minimum atomic E-state index is -0.526. The number of nitrogens with one attached hydrogen (secondary N) is 2. The first-order valence-electron chi connectivity index (χ1n) is 10.3. The molecule has 2 aromatic rings. The zero-order chi connectivity index (χ0) is 21.7. The van der Waals surface area contributed by atoms with E-state index in [-0.39, 0.29) is 17.8 Å². The molecule has 0 aliphatic carbocycles. The van der Waals surface area contributed by atoms with Crippen molar-refractivity contribution in [3.05, 3.63) is 47.8 Å². The molecule has 1 fully saturated rings. The summed E-state index contributed by atoms with van der Waals surface area (Å²) in [6, 6.07) is 4.13. The van der Waals surface area contributed by atoms with Crippen molar-refractivity contribution in [3.63, 3.8) is 0 Å². The van der Waals surface area contributed by atoms with Gasteiger partial charge in [0, 0.05) is 44.5 Å². The topological polar surface area (TPSA) is 60.7 Å². The van der Waals surface area contributed by atoms with Crippen LogP contribution >= 0.6 is 0 Å². The number of guanidine groups is 1. The quantitative estimate of drug-likeness (QED) is 0.532. The number of hydrogen-bond acceptors (Lipinski definition) is 4. The fraction of sp³-hybridized carbons (Fsp3) is 0.524. The van der Waals surface area contributed by atoms with Crippen LogP contribution in [0.25, 0.3) is 0 Å². The number of aliphatic imine (C=N–C) groups is 1. The molecular weight excluding hydrogens is 388 g/mol. The number of anilines is 1. The molecular formula is C21H31F2N7. The zero-order valence-corrected chi connectivity index (χ0v) is 18.1. The Morgan fingerprint density at radius 2 is 2.07 bits per heavy atom. The molecule has 1 saturated heterocycles. The maximum atomic E-state index is 14.1. The van der Waals surface area contributed by atoms with Gasteiger partial charge >= 0.3 is 0 Å². The minimum Gasteiger partial charge on any atom is -0.365 e. The third kappa shape index (κ3) is 5.27. The normalized spacial score (nSPS) is 18.2. The summed E-state index contributed by atoms with van der Waals surface area (Å²) in [5, 5.41) is 11.0. The second-order valence-corrected chi connectivity index (χ2v) is 7.79. The van der Waals surface area contributed by atoms with Crippen molar-refractivity contribution in [2.75, 3.05) is 45.2 Å². The fourth-order valence-electron chi connectivity index (χ4n) is 3.74. The van der Waals surface area contributed by atoms with Crippen LogP contribution < -0.4 is 15.5 Å². The van der Waals surface area contributed by atoms with Crippen molar-refractivity contribution in [1.29, 1.82) is 0 Å². The molecule has 1 aliphatic heterocycles. The van der Waals surface area contributed by atoms with Gasteiger partial charge in [0.05, 0.1) is 18.8 Å². The molecule has 0 saturated carbocycles. The number of aromatic nitrogens is 2. The van der Waals surface area contributed by atoms with E-state index in [9.17, 15) is 8.78 Å². The molecule has 3 rings (SSSR count). The highest BCUT2D eigenvalue weighted by molar-refractivity contribution is 5.80. The SMILES string of the molecule is CCNC(=NCC(c1cnn(C)c1)N(C)C)NC1CCN(c2c(F)cccc2F)C1. The van der Waals surface area contributed by atoms with Crippen molar-refractivity contribution in [2.45, 2.75) is 25.4 Å². The van der Waals surface area contributed by atoms with Gasteiger partial charge in [-0.15, -0.1) is 0 Å². The number of nitrogens with zero attached hydrogens (tertiary/aromatic N) is 5. The Labute approximate surface area is 176 Å². The molecule has 0 radical (unpaired) electrons. The van der Waals surface area contributed by atoms with Crippen LogP contribution in [0.4, 0.5) is 14.5 Å². The summed E-state index contributed by atoms with van der Waals surface area (Å²) >= 11 is 0. The zero-order valence-electron chi connectivity index (χ0n) is 18.1. The van der Waals surface area contributed by atoms with E-state index in [0.29, 0.717) is 25.6 Å². The molecule has 0 spiro atoms. The Morgan fingerprint density at radius 1 is 1.33 bits per heavy atom. The molecule has 2 heterocycles. The molecule has 0 amide bonds. The lowest BCUT2D eigenvalue weighted by atomic mass is 10.1. The molecule has 2 unspecified atom stereocenters. The average Bonchev–Trinajstić information content (AvgIpc) is 3.31. The summed E-state index contributed by atoms with van der Waals surface area (Å²) < 4.78 is 30.0. The predicted octanol–water partition coefficient (Wildman–Crippen LogP) is 2.13. The molecule has 164 valence electrons. The van der Waals surface area contributed by atoms with E-state index in [2.05, 4.69) is 20.6 Å². The van der Waals surface area contributed by atoms with Gasteiger partial charge in [-0.05, 0) is 39.6 Å². The molecule has 2 N–H and O–H groups in total. The van der Waals surface area contributed by atoms with E-state index in [1.807, 2.05) is 40.5 Å². The van der Waals surface area contributed by atoms with Crippen molar-refractivity contribution >= 4 is 11.6 Å². The number of benzene rings is 1. The van der Waals surface area contributed by atoms with E-state index >= 15 is 0 Å². The lowest BCUT2D eigenvalue weighted by molar-refractivity contribution is 0.306. The summed E-state index contributed by atoms with van der Waals surface area (Å²) in [6.07, 6.45) is 4.63. The summed E-state index contributed by atoms with van der Waals surface area (Å²) in [4.78, 5) is 8.63. The van der Waals surface area contributed by atoms with Gasteiger partial charge in [0.15, 0.2) is 5.96 Å². The third-order valence-corrected chi connectivity index (χ3v) is 5.28. The monoisotopic (exact) mass is 419 g/mol. The Kier molecular flexibility index (Phi) is 7.25. The lowest BCUT2D eigenvalue weighted by Crippen LogP contribution is -2.45. The van der Waals surface area contributed by atoms with Gasteiger partial charge in [0.1, 0.15) is 17.3 Å². The highest BCUT2D eigenvalue weighted by atomic mass is 19.1. The van der Waals surface area contributed by atoms with Gasteiger partial charge in [-0.3, -0.25) is 9.67 Å². The van der Waals surface area contributed by atoms with Crippen LogP contribution in [0, 0.1) is 11.6 Å². The first-order valence-corrected chi connectivity index (χ1v) is 10.3. The molecule has 1 aromatic carbocycles. The highest BCUT2D eigenvalue weighted by Gasteiger charge is 2.27. The smallest absolute Gasteiger partial charge is 0.191 e. The van der Waals surface area contributed by atoms with E-state index in [1.165, 1.54) is 18.2 Å². The van der Waals surface area contributed by atoms with E-state index < -0.39 is 11.6 Å². The van der Waals surface area contributed by atoms with Crippen LogP contribution in [0.3, 0.4) is 0 Å². The van der Waals surface area contributed by atoms with E-state index in [0.717, 1.165) is 18.5 Å². The number of likely N-dealkylation sites (N-methyl/N-ethyl adjacent to an activating group) is 1. The van der Waals surface area contributed by atoms with Crippen LogP contribution in [0.1, 0.15) is 24.9 Å². The number of aryl methyl sites for hydroxylation is 1. The van der Waals surface area contributed by atoms with Crippen LogP contribution in [0.15, 0.2) is 35.6 Å². The van der Waals surface area contributed by atoms with Crippen LogP contribution in [0.5, 0.6) is 0 Å². The number of hydrogen-bond donors (Lipinski definition) is 2. The van der Waals surface area contributed by atoms with E-state index in [4.69, 9.17) is 4.99 Å². The molecule has 7 nitrogen and oxygen atoms in total. The Bertz CT molecular complexity index is 845. The van der Waals surface area contributed by atoms with Crippen molar-refractivity contribution < 1.29 is 8.78 Å². The van der Waals surface area contributed by atoms with Gasteiger partial charge in [-0.2, -0.15) is 5.10 Å². The van der Waals surface area contributed by atoms with Crippen molar-refractivity contribution in [3.8, 4) is 0 Å². The Balaban J connectivity index is 1.66. The maximum absolute atomic E-state index is 14.1. The fourth-order valence-corrected chi connectivity index (χ4v) is 3.74. The number of halogens is 2. The first-order chi connectivity index (χ1) is 14.4. The van der Waals surface area contributed by atoms with E-state index in [1.54, 1.807) is 9.58 Å². The molecule has 2 atom stereocenters. The third-order valence-electron chi connectivity index (χ3n) is 5.28. The minimum absolute atomic E-state index is 0.0491. The molecule has 0 bridgehead atoms. The summed E-state index contributed by atoms with van der Waals surface area (Å²) in [5.41, 5.74) is 1.15. The van der Waals surface area contributed by atoms with Gasteiger partial charge in [0.2, 0.25) is 0 Å². The van der Waals surface area contributed by atoms with Gasteiger partial charge in [-0.1, -0.05) is 6.07 Å². The summed E-state index contributed by atoms with van der Waals surface area (Å²) in [5.74, 6) is -0.350. The largest absolute Gasteiger partial charge is 0.365 e. The Hall–Kier alpha value is -2.68. The standard InChI is InChI=1S/C21H31F2N7/c1-5-24-21(25-12-19(28(2)3)15-11-26-29(4)13-15)27-16-9-10-30(14-16)20-17(22)7-6-8-18(20)23/h6-8,11,13,16,19H,5,9-10,12,14H2,1-4H3,(H2,24,25,27). The molecule has 30 heavy (non-hydrogen) atoms. The second-order valence-electron chi connectivity index (χ2n) is 7.79. The predicted molar refractivity (Wildman–Crippen MR) is 116 cm³/mol. The number of para-hydroxylation sites is 1. The van der Waals surface area contributed by atoms with Crippen LogP contribution in [-0.2, 0) is 7.05 Å². The first kappa shape index (κ1) is 22.0. The molecule has 9 heteroatoms. The van der Waals surface area contributed by atoms with Crippen LogP contribution in [0.2, 0.25) is 0 Å².